The Morgan fingerprint density at radius 1 is 1.22 bits per heavy atom. The van der Waals surface area contributed by atoms with Crippen LogP contribution in [0.5, 0.6) is 0 Å². The largest absolute Gasteiger partial charge is 0.480 e. The summed E-state index contributed by atoms with van der Waals surface area (Å²) in [7, 11) is 0. The van der Waals surface area contributed by atoms with Gasteiger partial charge in [0.1, 0.15) is 13.2 Å². The van der Waals surface area contributed by atoms with Gasteiger partial charge in [-0.2, -0.15) is 0 Å². The van der Waals surface area contributed by atoms with Crippen LogP contribution in [-0.4, -0.2) is 60.3 Å². The molecule has 2 fully saturated rings. The SMILES string of the molecule is O=C(O)COCC(=O)NC1CCN2CCCCC12. The minimum Gasteiger partial charge on any atom is -0.480 e. The second-order valence-corrected chi connectivity index (χ2v) is 4.95. The van der Waals surface area contributed by atoms with Crippen molar-refractivity contribution in [1.29, 1.82) is 0 Å². The molecule has 0 radical (unpaired) electrons. The van der Waals surface area contributed by atoms with Crippen LogP contribution in [0.1, 0.15) is 25.7 Å². The van der Waals surface area contributed by atoms with Crippen molar-refractivity contribution in [3.05, 3.63) is 0 Å². The van der Waals surface area contributed by atoms with Crippen LogP contribution in [0.3, 0.4) is 0 Å². The van der Waals surface area contributed by atoms with E-state index in [-0.39, 0.29) is 18.6 Å². The normalized spacial score (nSPS) is 27.8. The van der Waals surface area contributed by atoms with Gasteiger partial charge in [-0.05, 0) is 25.8 Å². The van der Waals surface area contributed by atoms with Crippen molar-refractivity contribution in [3.8, 4) is 0 Å². The van der Waals surface area contributed by atoms with E-state index in [9.17, 15) is 9.59 Å². The summed E-state index contributed by atoms with van der Waals surface area (Å²) in [6, 6.07) is 0.661. The lowest BCUT2D eigenvalue weighted by molar-refractivity contribution is -0.143. The number of hydrogen-bond donors (Lipinski definition) is 2. The minimum atomic E-state index is -1.05. The summed E-state index contributed by atoms with van der Waals surface area (Å²) in [6.45, 7) is 1.58. The first kappa shape index (κ1) is 13.3. The van der Waals surface area contributed by atoms with Gasteiger partial charge in [0.2, 0.25) is 5.91 Å². The van der Waals surface area contributed by atoms with E-state index < -0.39 is 12.6 Å². The number of ether oxygens (including phenoxy) is 1. The van der Waals surface area contributed by atoms with Crippen molar-refractivity contribution in [1.82, 2.24) is 10.2 Å². The summed E-state index contributed by atoms with van der Waals surface area (Å²) >= 11 is 0. The molecule has 2 N–H and O–H groups in total. The predicted molar refractivity (Wildman–Crippen MR) is 64.2 cm³/mol. The van der Waals surface area contributed by atoms with Crippen molar-refractivity contribution >= 4 is 11.9 Å². The van der Waals surface area contributed by atoms with Crippen molar-refractivity contribution in [2.45, 2.75) is 37.8 Å². The topological polar surface area (TPSA) is 78.9 Å². The zero-order valence-electron chi connectivity index (χ0n) is 10.4. The van der Waals surface area contributed by atoms with Crippen molar-refractivity contribution in [3.63, 3.8) is 0 Å². The Balaban J connectivity index is 1.72. The fraction of sp³-hybridized carbons (Fsp3) is 0.833. The Bertz CT molecular complexity index is 321. The van der Waals surface area contributed by atoms with Gasteiger partial charge >= 0.3 is 5.97 Å². The highest BCUT2D eigenvalue weighted by Gasteiger charge is 2.36. The van der Waals surface area contributed by atoms with Crippen molar-refractivity contribution in [2.24, 2.45) is 0 Å². The summed E-state index contributed by atoms with van der Waals surface area (Å²) in [4.78, 5) is 24.3. The van der Waals surface area contributed by atoms with Crippen LogP contribution in [0.25, 0.3) is 0 Å². The molecule has 0 saturated carbocycles. The highest BCUT2D eigenvalue weighted by atomic mass is 16.5. The molecule has 2 heterocycles. The van der Waals surface area contributed by atoms with Crippen LogP contribution in [0.15, 0.2) is 0 Å². The van der Waals surface area contributed by atoms with Gasteiger partial charge in [-0.25, -0.2) is 4.79 Å². The fourth-order valence-corrected chi connectivity index (χ4v) is 2.90. The average molecular weight is 256 g/mol. The molecule has 102 valence electrons. The third-order valence-corrected chi connectivity index (χ3v) is 3.66. The predicted octanol–water partition coefficient (Wildman–Crippen LogP) is -0.169. The van der Waals surface area contributed by atoms with Gasteiger partial charge < -0.3 is 15.2 Å². The molecule has 6 heteroatoms. The summed E-state index contributed by atoms with van der Waals surface area (Å²) in [6.07, 6.45) is 4.60. The van der Waals surface area contributed by atoms with Crippen molar-refractivity contribution < 1.29 is 19.4 Å². The average Bonchev–Trinajstić information content (AvgIpc) is 2.72. The number of carbonyl (C=O) groups excluding carboxylic acids is 1. The van der Waals surface area contributed by atoms with E-state index >= 15 is 0 Å². The Hall–Kier alpha value is -1.14. The number of nitrogens with one attached hydrogen (secondary N) is 1. The summed E-state index contributed by atoms with van der Waals surface area (Å²) < 4.78 is 4.78. The molecule has 0 bridgehead atoms. The second kappa shape index (κ2) is 6.15. The fourth-order valence-electron chi connectivity index (χ4n) is 2.90. The number of amides is 1. The Morgan fingerprint density at radius 3 is 2.83 bits per heavy atom. The molecule has 0 aromatic rings. The van der Waals surface area contributed by atoms with Crippen LogP contribution in [0, 0.1) is 0 Å². The molecule has 18 heavy (non-hydrogen) atoms. The van der Waals surface area contributed by atoms with E-state index in [0.717, 1.165) is 25.9 Å². The molecule has 2 aliphatic rings. The number of hydrogen-bond acceptors (Lipinski definition) is 4. The van der Waals surface area contributed by atoms with Crippen LogP contribution >= 0.6 is 0 Å². The van der Waals surface area contributed by atoms with Crippen molar-refractivity contribution in [2.75, 3.05) is 26.3 Å². The standard InChI is InChI=1S/C12H20N2O4/c15-11(7-18-8-12(16)17)13-9-4-6-14-5-2-1-3-10(9)14/h9-10H,1-8H2,(H,13,15)(H,16,17). The molecular formula is C12H20N2O4. The molecule has 1 amide bonds. The molecule has 2 unspecified atom stereocenters. The number of carbonyl (C=O) groups is 2. The number of fused-ring (bicyclic) bond motifs is 1. The Morgan fingerprint density at radius 2 is 2.06 bits per heavy atom. The van der Waals surface area contributed by atoms with Crippen LogP contribution < -0.4 is 5.32 Å². The molecule has 0 spiro atoms. The quantitative estimate of drug-likeness (QED) is 0.714. The first-order valence-corrected chi connectivity index (χ1v) is 6.50. The second-order valence-electron chi connectivity index (χ2n) is 4.95. The van der Waals surface area contributed by atoms with Gasteiger partial charge in [-0.1, -0.05) is 6.42 Å². The number of nitrogens with zero attached hydrogens (tertiary/aromatic N) is 1. The number of carboxylic acids is 1. The third kappa shape index (κ3) is 3.43. The van der Waals surface area contributed by atoms with E-state index in [4.69, 9.17) is 9.84 Å². The number of carboxylic acid groups (broad SMARTS) is 1. The van der Waals surface area contributed by atoms with Gasteiger partial charge in [0.05, 0.1) is 0 Å². The molecule has 0 aromatic heterocycles. The molecular weight excluding hydrogens is 236 g/mol. The number of aliphatic carboxylic acids is 1. The van der Waals surface area contributed by atoms with E-state index in [2.05, 4.69) is 10.2 Å². The van der Waals surface area contributed by atoms with Gasteiger partial charge in [0.25, 0.3) is 0 Å². The maximum absolute atomic E-state index is 11.6. The number of piperidine rings is 1. The van der Waals surface area contributed by atoms with E-state index in [1.165, 1.54) is 12.8 Å². The molecule has 2 rings (SSSR count). The highest BCUT2D eigenvalue weighted by Crippen LogP contribution is 2.26. The Labute approximate surface area is 106 Å². The van der Waals surface area contributed by atoms with Crippen LogP contribution in [-0.2, 0) is 14.3 Å². The summed E-state index contributed by atoms with van der Waals surface area (Å²) in [5.74, 6) is -1.27. The van der Waals surface area contributed by atoms with Gasteiger partial charge in [0.15, 0.2) is 0 Å². The van der Waals surface area contributed by atoms with Gasteiger partial charge in [-0.15, -0.1) is 0 Å². The maximum Gasteiger partial charge on any atom is 0.329 e. The van der Waals surface area contributed by atoms with E-state index in [1.54, 1.807) is 0 Å². The zero-order valence-corrected chi connectivity index (χ0v) is 10.4. The van der Waals surface area contributed by atoms with Crippen LogP contribution in [0.2, 0.25) is 0 Å². The first-order chi connectivity index (χ1) is 8.66. The molecule has 2 saturated heterocycles. The molecule has 6 nitrogen and oxygen atoms in total. The highest BCUT2D eigenvalue weighted by molar-refractivity contribution is 5.78. The maximum atomic E-state index is 11.6. The van der Waals surface area contributed by atoms with Crippen LogP contribution in [0.4, 0.5) is 0 Å². The van der Waals surface area contributed by atoms with E-state index in [1.807, 2.05) is 0 Å². The monoisotopic (exact) mass is 256 g/mol. The van der Waals surface area contributed by atoms with Gasteiger partial charge in [-0.3, -0.25) is 9.69 Å². The molecule has 0 aliphatic carbocycles. The minimum absolute atomic E-state index is 0.171. The lowest BCUT2D eigenvalue weighted by atomic mass is 9.99. The smallest absolute Gasteiger partial charge is 0.329 e. The van der Waals surface area contributed by atoms with E-state index in [0.29, 0.717) is 6.04 Å². The summed E-state index contributed by atoms with van der Waals surface area (Å²) in [5.41, 5.74) is 0. The lowest BCUT2D eigenvalue weighted by Gasteiger charge is -2.32. The summed E-state index contributed by atoms with van der Waals surface area (Å²) in [5, 5.41) is 11.4. The first-order valence-electron chi connectivity index (χ1n) is 6.50. The number of rotatable bonds is 5. The lowest BCUT2D eigenvalue weighted by Crippen LogP contribution is -2.47. The molecule has 0 aromatic carbocycles. The molecule has 2 atom stereocenters. The zero-order chi connectivity index (χ0) is 13.0. The molecule has 2 aliphatic heterocycles. The Kier molecular flexibility index (Phi) is 4.54. The van der Waals surface area contributed by atoms with Gasteiger partial charge in [0, 0.05) is 18.6 Å². The third-order valence-electron chi connectivity index (χ3n) is 3.66.